The maximum Gasteiger partial charge on any atom is 0.312 e. The number of hydrogen-bond donors (Lipinski definition) is 0. The Hall–Kier alpha value is -2.93. The Kier molecular flexibility index (Phi) is 3.94. The summed E-state index contributed by atoms with van der Waals surface area (Å²) in [7, 11) is 1.60. The number of nitro groups is 1. The number of nitrogens with zero attached hydrogens (tertiary/aromatic N) is 2. The van der Waals surface area contributed by atoms with Crippen molar-refractivity contribution in [1.29, 1.82) is 0 Å². The Bertz CT molecular complexity index is 954. The highest BCUT2D eigenvalue weighted by atomic mass is 32.1. The molecule has 0 saturated carbocycles. The largest absolute Gasteiger partial charge is 0.497 e. The van der Waals surface area contributed by atoms with Crippen LogP contribution in [0.3, 0.4) is 0 Å². The van der Waals surface area contributed by atoms with Gasteiger partial charge in [0.2, 0.25) is 0 Å². The molecule has 0 fully saturated rings. The number of thiazole rings is 1. The molecule has 23 heavy (non-hydrogen) atoms. The van der Waals surface area contributed by atoms with E-state index < -0.39 is 4.92 Å². The molecule has 0 saturated heterocycles. The van der Waals surface area contributed by atoms with Gasteiger partial charge in [0.25, 0.3) is 5.69 Å². The van der Waals surface area contributed by atoms with Gasteiger partial charge in [-0.15, -0.1) is 0 Å². The molecule has 0 bridgehead atoms. The second-order valence-corrected chi connectivity index (χ2v) is 5.73. The van der Waals surface area contributed by atoms with Crippen LogP contribution in [0.2, 0.25) is 0 Å². The zero-order chi connectivity index (χ0) is 16.4. The number of fused-ring (bicyclic) bond motifs is 1. The maximum atomic E-state index is 12.1. The summed E-state index contributed by atoms with van der Waals surface area (Å²) < 4.78 is 7.16. The minimum absolute atomic E-state index is 0.0231. The smallest absolute Gasteiger partial charge is 0.312 e. The van der Waals surface area contributed by atoms with E-state index in [9.17, 15) is 14.9 Å². The predicted molar refractivity (Wildman–Crippen MR) is 91.0 cm³/mol. The molecule has 2 aromatic carbocycles. The van der Waals surface area contributed by atoms with Gasteiger partial charge in [0.15, 0.2) is 0 Å². The van der Waals surface area contributed by atoms with Gasteiger partial charge in [0.05, 0.1) is 22.2 Å². The van der Waals surface area contributed by atoms with Crippen LogP contribution < -0.4 is 9.61 Å². The quantitative estimate of drug-likeness (QED) is 0.541. The molecule has 0 amide bonds. The van der Waals surface area contributed by atoms with E-state index in [1.807, 2.05) is 24.3 Å². The fourth-order valence-corrected chi connectivity index (χ4v) is 3.05. The van der Waals surface area contributed by atoms with E-state index in [4.69, 9.17) is 4.74 Å². The van der Waals surface area contributed by atoms with Crippen LogP contribution in [-0.4, -0.2) is 16.6 Å². The second kappa shape index (κ2) is 6.05. The van der Waals surface area contributed by atoms with Gasteiger partial charge in [-0.1, -0.05) is 23.5 Å². The first kappa shape index (κ1) is 15.0. The molecule has 0 radical (unpaired) electrons. The highest BCUT2D eigenvalue weighted by Crippen LogP contribution is 2.23. The molecule has 3 rings (SSSR count). The topological polar surface area (TPSA) is 74.4 Å². The summed E-state index contributed by atoms with van der Waals surface area (Å²) in [5.41, 5.74) is 1.54. The van der Waals surface area contributed by atoms with Gasteiger partial charge in [-0.2, -0.15) is 0 Å². The number of nitro benzene ring substituents is 1. The highest BCUT2D eigenvalue weighted by molar-refractivity contribution is 7.16. The van der Waals surface area contributed by atoms with Gasteiger partial charge in [-0.25, -0.2) is 0 Å². The van der Waals surface area contributed by atoms with E-state index in [0.717, 1.165) is 22.6 Å². The van der Waals surface area contributed by atoms with Crippen molar-refractivity contribution in [3.05, 3.63) is 67.8 Å². The van der Waals surface area contributed by atoms with Crippen molar-refractivity contribution >= 4 is 39.5 Å². The number of hydrogen-bond acceptors (Lipinski definition) is 5. The summed E-state index contributed by atoms with van der Waals surface area (Å²) in [6.07, 6.45) is 3.46. The van der Waals surface area contributed by atoms with Crippen LogP contribution in [0.25, 0.3) is 22.5 Å². The Morgan fingerprint density at radius 1 is 1.22 bits per heavy atom. The third-order valence-electron chi connectivity index (χ3n) is 3.34. The predicted octanol–water partition coefficient (Wildman–Crippen LogP) is 3.61. The molecule has 0 unspecified atom stereocenters. The minimum atomic E-state index is -0.471. The number of non-ortho nitro benzene ring substituents is 1. The lowest BCUT2D eigenvalue weighted by Gasteiger charge is -2.00. The fraction of sp³-hybridized carbons (Fsp3) is 0.0625. The Morgan fingerprint density at radius 3 is 2.61 bits per heavy atom. The summed E-state index contributed by atoms with van der Waals surface area (Å²) in [5, 5.41) is 10.8. The van der Waals surface area contributed by atoms with Crippen LogP contribution in [0, 0.1) is 10.1 Å². The van der Waals surface area contributed by atoms with Crippen LogP contribution in [0.5, 0.6) is 5.75 Å². The van der Waals surface area contributed by atoms with Gasteiger partial charge in [0, 0.05) is 18.3 Å². The molecule has 0 aliphatic rings. The van der Waals surface area contributed by atoms with Gasteiger partial charge in [0.1, 0.15) is 5.75 Å². The first-order chi connectivity index (χ1) is 11.1. The van der Waals surface area contributed by atoms with Gasteiger partial charge in [-0.3, -0.25) is 19.5 Å². The fourth-order valence-electron chi connectivity index (χ4n) is 2.16. The van der Waals surface area contributed by atoms with Crippen molar-refractivity contribution in [3.8, 4) is 5.75 Å². The maximum absolute atomic E-state index is 12.1. The van der Waals surface area contributed by atoms with E-state index in [2.05, 4.69) is 0 Å². The lowest BCUT2D eigenvalue weighted by molar-refractivity contribution is -0.384. The number of rotatable bonds is 4. The lowest BCUT2D eigenvalue weighted by atomic mass is 10.2. The molecule has 1 aromatic heterocycles. The molecule has 0 spiro atoms. The Labute approximate surface area is 135 Å². The molecular formula is C16H12N2O4S. The zero-order valence-corrected chi connectivity index (χ0v) is 12.9. The average molecular weight is 328 g/mol. The lowest BCUT2D eigenvalue weighted by Crippen LogP contribution is -2.05. The van der Waals surface area contributed by atoms with Crippen LogP contribution in [-0.2, 0) is 0 Å². The zero-order valence-electron chi connectivity index (χ0n) is 12.1. The van der Waals surface area contributed by atoms with Crippen LogP contribution in [0.4, 0.5) is 5.69 Å². The summed E-state index contributed by atoms with van der Waals surface area (Å²) in [6.45, 7) is 0. The molecule has 0 aliphatic carbocycles. The van der Waals surface area contributed by atoms with Gasteiger partial charge in [-0.05, 0) is 29.8 Å². The molecule has 0 aliphatic heterocycles. The first-order valence-electron chi connectivity index (χ1n) is 6.70. The Morgan fingerprint density at radius 2 is 1.96 bits per heavy atom. The summed E-state index contributed by atoms with van der Waals surface area (Å²) >= 11 is 0.983. The van der Waals surface area contributed by atoms with Gasteiger partial charge >= 0.3 is 4.87 Å². The third-order valence-corrected chi connectivity index (χ3v) is 4.26. The first-order valence-corrected chi connectivity index (χ1v) is 7.52. The molecule has 1 heterocycles. The SMILES string of the molecule is COc1ccc(C=Cn2c(=O)sc3cc([N+](=O)[O-])ccc32)cc1. The van der Waals surface area contributed by atoms with E-state index in [-0.39, 0.29) is 10.6 Å². The number of ether oxygens (including phenoxy) is 1. The van der Waals surface area contributed by atoms with E-state index in [0.29, 0.717) is 10.2 Å². The molecule has 0 atom stereocenters. The number of aromatic nitrogens is 1. The van der Waals surface area contributed by atoms with E-state index >= 15 is 0 Å². The summed E-state index contributed by atoms with van der Waals surface area (Å²) in [6, 6.07) is 11.8. The van der Waals surface area contributed by atoms with Crippen molar-refractivity contribution in [2.45, 2.75) is 0 Å². The van der Waals surface area contributed by atoms with Crippen LogP contribution in [0.15, 0.2) is 47.3 Å². The number of benzene rings is 2. The second-order valence-electron chi connectivity index (χ2n) is 4.74. The average Bonchev–Trinajstić information content (AvgIpc) is 2.87. The Balaban J connectivity index is 1.98. The standard InChI is InChI=1S/C16H12N2O4S/c1-22-13-5-2-11(3-6-13)8-9-17-14-7-4-12(18(20)21)10-15(14)23-16(17)19/h2-10H,1H3. The molecule has 6 nitrogen and oxygen atoms in total. The molecule has 116 valence electrons. The van der Waals surface area contributed by atoms with Gasteiger partial charge < -0.3 is 4.74 Å². The van der Waals surface area contributed by atoms with Crippen LogP contribution in [0.1, 0.15) is 5.56 Å². The molecule has 3 aromatic rings. The van der Waals surface area contributed by atoms with Crippen molar-refractivity contribution in [2.75, 3.05) is 7.11 Å². The third kappa shape index (κ3) is 3.00. The van der Waals surface area contributed by atoms with Crippen molar-refractivity contribution in [1.82, 2.24) is 4.57 Å². The summed E-state index contributed by atoms with van der Waals surface area (Å²) in [5.74, 6) is 0.757. The number of methoxy groups -OCH3 is 1. The minimum Gasteiger partial charge on any atom is -0.497 e. The summed E-state index contributed by atoms with van der Waals surface area (Å²) in [4.78, 5) is 22.2. The molecule has 0 N–H and O–H groups in total. The van der Waals surface area contributed by atoms with E-state index in [1.165, 1.54) is 16.7 Å². The van der Waals surface area contributed by atoms with E-state index in [1.54, 1.807) is 25.5 Å². The van der Waals surface area contributed by atoms with Crippen molar-refractivity contribution in [2.24, 2.45) is 0 Å². The molecular weight excluding hydrogens is 316 g/mol. The van der Waals surface area contributed by atoms with Crippen LogP contribution >= 0.6 is 11.3 Å². The van der Waals surface area contributed by atoms with Crippen molar-refractivity contribution < 1.29 is 9.66 Å². The van der Waals surface area contributed by atoms with Crippen molar-refractivity contribution in [3.63, 3.8) is 0 Å². The highest BCUT2D eigenvalue weighted by Gasteiger charge is 2.11. The monoisotopic (exact) mass is 328 g/mol. The normalized spacial score (nSPS) is 11.2. The molecule has 7 heteroatoms.